The Bertz CT molecular complexity index is 505. The van der Waals surface area contributed by atoms with Crippen LogP contribution in [-0.2, 0) is 10.2 Å². The normalized spacial score (nSPS) is 21.2. The molecule has 1 aliphatic heterocycles. The number of hydrogen-bond acceptors (Lipinski definition) is 2. The van der Waals surface area contributed by atoms with Gasteiger partial charge in [0, 0.05) is 18.8 Å². The summed E-state index contributed by atoms with van der Waals surface area (Å²) in [7, 11) is 0. The minimum atomic E-state index is -0.786. The first-order valence-electron chi connectivity index (χ1n) is 6.92. The lowest BCUT2D eigenvalue weighted by Crippen LogP contribution is -2.43. The quantitative estimate of drug-likeness (QED) is 0.911. The molecule has 1 aromatic carbocycles. The molecule has 1 aromatic rings. The van der Waals surface area contributed by atoms with E-state index in [2.05, 4.69) is 4.90 Å². The Labute approximate surface area is 112 Å². The fourth-order valence-corrected chi connectivity index (χ4v) is 3.26. The molecule has 1 N–H and O–H groups in total. The number of aliphatic carboxylic acids is 1. The molecule has 2 aliphatic rings. The minimum absolute atomic E-state index is 0.287. The maximum atomic E-state index is 13.5. The van der Waals surface area contributed by atoms with E-state index in [1.165, 1.54) is 12.1 Å². The average Bonchev–Trinajstić information content (AvgIpc) is 2.82. The third-order valence-corrected chi connectivity index (χ3v) is 4.54. The third kappa shape index (κ3) is 1.90. The van der Waals surface area contributed by atoms with Crippen molar-refractivity contribution in [3.8, 4) is 0 Å². The van der Waals surface area contributed by atoms with Gasteiger partial charge in [-0.15, -0.1) is 0 Å². The molecule has 0 atom stereocenters. The summed E-state index contributed by atoms with van der Waals surface area (Å²) in [4.78, 5) is 13.8. The van der Waals surface area contributed by atoms with Gasteiger partial charge in [-0.05, 0) is 43.4 Å². The van der Waals surface area contributed by atoms with Gasteiger partial charge in [0.15, 0.2) is 0 Å². The second-order valence-corrected chi connectivity index (χ2v) is 5.60. The molecule has 2 fully saturated rings. The van der Waals surface area contributed by atoms with Crippen molar-refractivity contribution in [2.45, 2.75) is 37.5 Å². The highest BCUT2D eigenvalue weighted by molar-refractivity contribution is 5.85. The smallest absolute Gasteiger partial charge is 0.314 e. The molecule has 19 heavy (non-hydrogen) atoms. The first-order valence-corrected chi connectivity index (χ1v) is 6.92. The SMILES string of the molecule is O=C(O)C1(c2ccc(F)cc2N2CCCC2)CCC1. The maximum absolute atomic E-state index is 13.5. The van der Waals surface area contributed by atoms with Gasteiger partial charge in [0.2, 0.25) is 0 Å². The van der Waals surface area contributed by atoms with Crippen LogP contribution in [-0.4, -0.2) is 24.2 Å². The van der Waals surface area contributed by atoms with Crippen LogP contribution < -0.4 is 4.90 Å². The number of hydrogen-bond donors (Lipinski definition) is 1. The van der Waals surface area contributed by atoms with Crippen LogP contribution in [0, 0.1) is 5.82 Å². The Morgan fingerprint density at radius 1 is 1.21 bits per heavy atom. The van der Waals surface area contributed by atoms with Crippen molar-refractivity contribution in [1.29, 1.82) is 0 Å². The lowest BCUT2D eigenvalue weighted by molar-refractivity contribution is -0.147. The molecule has 3 nitrogen and oxygen atoms in total. The largest absolute Gasteiger partial charge is 0.481 e. The predicted molar refractivity (Wildman–Crippen MR) is 71.0 cm³/mol. The van der Waals surface area contributed by atoms with Crippen molar-refractivity contribution in [2.24, 2.45) is 0 Å². The van der Waals surface area contributed by atoms with Crippen LogP contribution in [0.5, 0.6) is 0 Å². The fourth-order valence-electron chi connectivity index (χ4n) is 3.26. The highest BCUT2D eigenvalue weighted by atomic mass is 19.1. The Kier molecular flexibility index (Phi) is 2.96. The summed E-state index contributed by atoms with van der Waals surface area (Å²) in [5.74, 6) is -1.06. The van der Waals surface area contributed by atoms with Crippen molar-refractivity contribution in [2.75, 3.05) is 18.0 Å². The van der Waals surface area contributed by atoms with Crippen molar-refractivity contribution in [3.63, 3.8) is 0 Å². The van der Waals surface area contributed by atoms with E-state index >= 15 is 0 Å². The van der Waals surface area contributed by atoms with Crippen LogP contribution in [0.25, 0.3) is 0 Å². The average molecular weight is 263 g/mol. The van der Waals surface area contributed by atoms with Gasteiger partial charge < -0.3 is 10.0 Å². The van der Waals surface area contributed by atoms with E-state index in [0.29, 0.717) is 12.8 Å². The van der Waals surface area contributed by atoms with Crippen LogP contribution in [0.15, 0.2) is 18.2 Å². The molecule has 3 rings (SSSR count). The molecule has 4 heteroatoms. The molecule has 0 aromatic heterocycles. The van der Waals surface area contributed by atoms with E-state index in [9.17, 15) is 14.3 Å². The minimum Gasteiger partial charge on any atom is -0.481 e. The van der Waals surface area contributed by atoms with Crippen LogP contribution in [0.2, 0.25) is 0 Å². The van der Waals surface area contributed by atoms with E-state index in [-0.39, 0.29) is 5.82 Å². The molecular weight excluding hydrogens is 245 g/mol. The van der Waals surface area contributed by atoms with E-state index in [0.717, 1.165) is 43.6 Å². The second kappa shape index (κ2) is 4.51. The second-order valence-electron chi connectivity index (χ2n) is 5.60. The number of benzene rings is 1. The zero-order valence-electron chi connectivity index (χ0n) is 10.9. The van der Waals surface area contributed by atoms with Gasteiger partial charge in [0.25, 0.3) is 0 Å². The molecule has 1 aliphatic carbocycles. The molecular formula is C15H18FNO2. The summed E-state index contributed by atoms with van der Waals surface area (Å²) in [6.45, 7) is 1.79. The zero-order valence-corrected chi connectivity index (χ0v) is 10.9. The van der Waals surface area contributed by atoms with E-state index in [1.54, 1.807) is 6.07 Å². The Hall–Kier alpha value is -1.58. The molecule has 1 saturated heterocycles. The number of anilines is 1. The first-order chi connectivity index (χ1) is 9.13. The van der Waals surface area contributed by atoms with Gasteiger partial charge in [-0.2, -0.15) is 0 Å². The summed E-state index contributed by atoms with van der Waals surface area (Å²) >= 11 is 0. The topological polar surface area (TPSA) is 40.5 Å². The summed E-state index contributed by atoms with van der Waals surface area (Å²) in [5.41, 5.74) is 0.806. The highest BCUT2D eigenvalue weighted by Crippen LogP contribution is 2.48. The Morgan fingerprint density at radius 2 is 1.89 bits per heavy atom. The molecule has 1 saturated carbocycles. The first kappa shape index (κ1) is 12.5. The monoisotopic (exact) mass is 263 g/mol. The van der Waals surface area contributed by atoms with Gasteiger partial charge in [0.05, 0.1) is 5.41 Å². The third-order valence-electron chi connectivity index (χ3n) is 4.54. The lowest BCUT2D eigenvalue weighted by Gasteiger charge is -2.40. The molecule has 0 unspecified atom stereocenters. The molecule has 0 bridgehead atoms. The van der Waals surface area contributed by atoms with Crippen molar-refractivity contribution in [3.05, 3.63) is 29.6 Å². The van der Waals surface area contributed by atoms with Gasteiger partial charge in [0.1, 0.15) is 5.82 Å². The van der Waals surface area contributed by atoms with Crippen LogP contribution >= 0.6 is 0 Å². The lowest BCUT2D eigenvalue weighted by atomic mass is 9.64. The number of carboxylic acids is 1. The number of rotatable bonds is 3. The molecule has 0 spiro atoms. The maximum Gasteiger partial charge on any atom is 0.314 e. The summed E-state index contributed by atoms with van der Waals surface area (Å²) in [5, 5.41) is 9.56. The number of carbonyl (C=O) groups is 1. The zero-order chi connectivity index (χ0) is 13.5. The standard InChI is InChI=1S/C15H18FNO2/c16-11-4-5-12(15(14(18)19)6-3-7-15)13(10-11)17-8-1-2-9-17/h4-5,10H,1-3,6-9H2,(H,18,19). The van der Waals surface area contributed by atoms with Crippen LogP contribution in [0.4, 0.5) is 10.1 Å². The summed E-state index contributed by atoms with van der Waals surface area (Å²) < 4.78 is 13.5. The molecule has 102 valence electrons. The molecule has 0 amide bonds. The van der Waals surface area contributed by atoms with E-state index in [4.69, 9.17) is 0 Å². The highest BCUT2D eigenvalue weighted by Gasteiger charge is 2.47. The Balaban J connectivity index is 2.07. The van der Waals surface area contributed by atoms with Gasteiger partial charge in [-0.3, -0.25) is 4.79 Å². The van der Waals surface area contributed by atoms with Gasteiger partial charge >= 0.3 is 5.97 Å². The summed E-state index contributed by atoms with van der Waals surface area (Å²) in [6.07, 6.45) is 4.44. The van der Waals surface area contributed by atoms with Crippen molar-refractivity contribution >= 4 is 11.7 Å². The fraction of sp³-hybridized carbons (Fsp3) is 0.533. The van der Waals surface area contributed by atoms with Crippen molar-refractivity contribution < 1.29 is 14.3 Å². The van der Waals surface area contributed by atoms with Crippen molar-refractivity contribution in [1.82, 2.24) is 0 Å². The molecule has 0 radical (unpaired) electrons. The van der Waals surface area contributed by atoms with Gasteiger partial charge in [-0.1, -0.05) is 12.5 Å². The predicted octanol–water partition coefficient (Wildman–Crippen LogP) is 2.93. The Morgan fingerprint density at radius 3 is 2.42 bits per heavy atom. The van der Waals surface area contributed by atoms with Crippen LogP contribution in [0.3, 0.4) is 0 Å². The number of nitrogens with zero attached hydrogens (tertiary/aromatic N) is 1. The number of carboxylic acid groups (broad SMARTS) is 1. The van der Waals surface area contributed by atoms with Gasteiger partial charge in [-0.25, -0.2) is 4.39 Å². The van der Waals surface area contributed by atoms with Crippen LogP contribution in [0.1, 0.15) is 37.7 Å². The number of halogens is 1. The molecule has 1 heterocycles. The van der Waals surface area contributed by atoms with E-state index in [1.807, 2.05) is 0 Å². The summed E-state index contributed by atoms with van der Waals surface area (Å²) in [6, 6.07) is 4.57. The van der Waals surface area contributed by atoms with E-state index < -0.39 is 11.4 Å².